The van der Waals surface area contributed by atoms with Gasteiger partial charge in [-0.2, -0.15) is 0 Å². The molecule has 0 aliphatic heterocycles. The summed E-state index contributed by atoms with van der Waals surface area (Å²) in [5.41, 5.74) is 3.70. The molecule has 0 nitrogen and oxygen atoms in total. The first kappa shape index (κ1) is 16.6. The predicted molar refractivity (Wildman–Crippen MR) is 93.9 cm³/mol. The maximum atomic E-state index is 2.53. The number of rotatable bonds is 6. The molecule has 118 valence electrons. The van der Waals surface area contributed by atoms with Crippen LogP contribution in [0.2, 0.25) is 0 Å². The maximum absolute atomic E-state index is 2.53. The van der Waals surface area contributed by atoms with Crippen molar-refractivity contribution in [3.05, 3.63) is 35.4 Å². The highest BCUT2D eigenvalue weighted by Gasteiger charge is 2.25. The van der Waals surface area contributed by atoms with Gasteiger partial charge < -0.3 is 0 Å². The molecule has 0 bridgehead atoms. The summed E-state index contributed by atoms with van der Waals surface area (Å²) in [7, 11) is 0. The van der Waals surface area contributed by atoms with Gasteiger partial charge in [0, 0.05) is 0 Å². The Labute approximate surface area is 132 Å². The van der Waals surface area contributed by atoms with Crippen LogP contribution >= 0.6 is 0 Å². The number of benzene rings is 1. The van der Waals surface area contributed by atoms with Crippen molar-refractivity contribution in [2.75, 3.05) is 0 Å². The Kier molecular flexibility index (Phi) is 6.33. The largest absolute Gasteiger partial charge is 0.0654 e. The second kappa shape index (κ2) is 8.01. The van der Waals surface area contributed by atoms with E-state index in [-0.39, 0.29) is 0 Å². The number of aryl methyl sites for hydroxylation is 1. The molecule has 0 aromatic heterocycles. The van der Waals surface area contributed by atoms with Gasteiger partial charge in [0.15, 0.2) is 0 Å². The van der Waals surface area contributed by atoms with E-state index in [9.17, 15) is 0 Å². The van der Waals surface area contributed by atoms with Gasteiger partial charge in [0.2, 0.25) is 0 Å². The fourth-order valence-corrected chi connectivity index (χ4v) is 3.93. The first-order valence-electron chi connectivity index (χ1n) is 9.22. The van der Waals surface area contributed by atoms with Gasteiger partial charge in [-0.05, 0) is 54.6 Å². The third-order valence-corrected chi connectivity index (χ3v) is 5.57. The second-order valence-corrected chi connectivity index (χ2v) is 7.66. The summed E-state index contributed by atoms with van der Waals surface area (Å²) in [5, 5.41) is 0. The molecule has 0 amide bonds. The van der Waals surface area contributed by atoms with Gasteiger partial charge in [0.1, 0.15) is 0 Å². The van der Waals surface area contributed by atoms with Crippen LogP contribution in [0.15, 0.2) is 24.3 Å². The van der Waals surface area contributed by atoms with Crippen molar-refractivity contribution in [3.63, 3.8) is 0 Å². The number of hydrogen-bond donors (Lipinski definition) is 0. The Balaban J connectivity index is 1.94. The van der Waals surface area contributed by atoms with Gasteiger partial charge in [0.25, 0.3) is 0 Å². The molecule has 0 saturated heterocycles. The molecule has 21 heavy (non-hydrogen) atoms. The van der Waals surface area contributed by atoms with E-state index in [0.717, 1.165) is 0 Å². The summed E-state index contributed by atoms with van der Waals surface area (Å²) in [6.45, 7) is 7.18. The average Bonchev–Trinajstić information content (AvgIpc) is 2.71. The van der Waals surface area contributed by atoms with Crippen LogP contribution < -0.4 is 0 Å². The molecule has 2 rings (SSSR count). The van der Waals surface area contributed by atoms with Crippen LogP contribution in [-0.4, -0.2) is 0 Å². The van der Waals surface area contributed by atoms with Crippen molar-refractivity contribution in [3.8, 4) is 0 Å². The van der Waals surface area contributed by atoms with Gasteiger partial charge in [-0.15, -0.1) is 0 Å². The first-order valence-corrected chi connectivity index (χ1v) is 9.22. The molecule has 0 heteroatoms. The SMILES string of the molecule is CCCC(C)c1cccc(CCC2(C)CCCCCC2)c1. The first-order chi connectivity index (χ1) is 10.1. The predicted octanol–water partition coefficient (Wildman–Crippen LogP) is 6.88. The average molecular weight is 287 g/mol. The van der Waals surface area contributed by atoms with Crippen LogP contribution in [0.3, 0.4) is 0 Å². The van der Waals surface area contributed by atoms with Gasteiger partial charge in [0.05, 0.1) is 0 Å². The van der Waals surface area contributed by atoms with Crippen LogP contribution in [0.25, 0.3) is 0 Å². The Morgan fingerprint density at radius 2 is 1.81 bits per heavy atom. The van der Waals surface area contributed by atoms with Crippen molar-refractivity contribution in [1.82, 2.24) is 0 Å². The molecule has 1 aromatic carbocycles. The molecule has 0 radical (unpaired) electrons. The van der Waals surface area contributed by atoms with Crippen molar-refractivity contribution in [2.45, 2.75) is 90.9 Å². The minimum Gasteiger partial charge on any atom is -0.0654 e. The zero-order valence-corrected chi connectivity index (χ0v) is 14.5. The van der Waals surface area contributed by atoms with E-state index in [4.69, 9.17) is 0 Å². The third kappa shape index (κ3) is 5.16. The standard InChI is InChI=1S/C21H34/c1-4-10-18(2)20-12-9-11-19(17-20)13-16-21(3)14-7-5-6-8-15-21/h9,11-12,17-18H,4-8,10,13-16H2,1-3H3. The van der Waals surface area contributed by atoms with Gasteiger partial charge in [-0.1, -0.05) is 77.1 Å². The van der Waals surface area contributed by atoms with E-state index >= 15 is 0 Å². The van der Waals surface area contributed by atoms with E-state index < -0.39 is 0 Å². The van der Waals surface area contributed by atoms with E-state index in [1.165, 1.54) is 64.2 Å². The Morgan fingerprint density at radius 1 is 1.10 bits per heavy atom. The Hall–Kier alpha value is -0.780. The van der Waals surface area contributed by atoms with Crippen LogP contribution in [0.1, 0.15) is 95.6 Å². The van der Waals surface area contributed by atoms with Gasteiger partial charge >= 0.3 is 0 Å². The lowest BCUT2D eigenvalue weighted by Gasteiger charge is -2.28. The molecule has 1 atom stereocenters. The Bertz CT molecular complexity index is 410. The lowest BCUT2D eigenvalue weighted by molar-refractivity contribution is 0.255. The fourth-order valence-electron chi connectivity index (χ4n) is 3.93. The summed E-state index contributed by atoms with van der Waals surface area (Å²) in [4.78, 5) is 0. The normalized spacial score (nSPS) is 20.0. The summed E-state index contributed by atoms with van der Waals surface area (Å²) in [6, 6.07) is 9.39. The zero-order chi connectivity index (χ0) is 15.1. The zero-order valence-electron chi connectivity index (χ0n) is 14.5. The van der Waals surface area contributed by atoms with Crippen LogP contribution in [0.5, 0.6) is 0 Å². The molecule has 0 heterocycles. The highest BCUT2D eigenvalue weighted by molar-refractivity contribution is 5.26. The highest BCUT2D eigenvalue weighted by Crippen LogP contribution is 2.38. The van der Waals surface area contributed by atoms with Crippen molar-refractivity contribution in [2.24, 2.45) is 5.41 Å². The van der Waals surface area contributed by atoms with Crippen molar-refractivity contribution >= 4 is 0 Å². The van der Waals surface area contributed by atoms with Crippen molar-refractivity contribution in [1.29, 1.82) is 0 Å². The highest BCUT2D eigenvalue weighted by atomic mass is 14.3. The molecule has 1 aromatic rings. The minimum absolute atomic E-state index is 0.599. The summed E-state index contributed by atoms with van der Waals surface area (Å²) < 4.78 is 0. The van der Waals surface area contributed by atoms with Crippen LogP contribution in [0, 0.1) is 5.41 Å². The minimum atomic E-state index is 0.599. The quantitative estimate of drug-likeness (QED) is 0.500. The molecule has 0 spiro atoms. The van der Waals surface area contributed by atoms with Crippen LogP contribution in [-0.2, 0) is 6.42 Å². The molecule has 1 saturated carbocycles. The lowest BCUT2D eigenvalue weighted by atomic mass is 9.77. The molecule has 0 N–H and O–H groups in total. The summed E-state index contributed by atoms with van der Waals surface area (Å²) in [6.07, 6.45) is 13.9. The molecule has 1 fully saturated rings. The molecule has 1 aliphatic carbocycles. The van der Waals surface area contributed by atoms with Crippen molar-refractivity contribution < 1.29 is 0 Å². The molecule has 1 aliphatic rings. The van der Waals surface area contributed by atoms with E-state index in [1.807, 2.05) is 0 Å². The maximum Gasteiger partial charge on any atom is -0.0190 e. The van der Waals surface area contributed by atoms with E-state index in [2.05, 4.69) is 45.0 Å². The lowest BCUT2D eigenvalue weighted by Crippen LogP contribution is -2.16. The topological polar surface area (TPSA) is 0 Å². The molecular formula is C21H34. The molecule has 1 unspecified atom stereocenters. The fraction of sp³-hybridized carbons (Fsp3) is 0.714. The number of hydrogen-bond acceptors (Lipinski definition) is 0. The second-order valence-electron chi connectivity index (χ2n) is 7.66. The van der Waals surface area contributed by atoms with Gasteiger partial charge in [-0.3, -0.25) is 0 Å². The van der Waals surface area contributed by atoms with Crippen LogP contribution in [0.4, 0.5) is 0 Å². The monoisotopic (exact) mass is 286 g/mol. The third-order valence-electron chi connectivity index (χ3n) is 5.57. The van der Waals surface area contributed by atoms with E-state index in [0.29, 0.717) is 11.3 Å². The summed E-state index contributed by atoms with van der Waals surface area (Å²) >= 11 is 0. The van der Waals surface area contributed by atoms with E-state index in [1.54, 1.807) is 11.1 Å². The van der Waals surface area contributed by atoms with Gasteiger partial charge in [-0.25, -0.2) is 0 Å². The molecular weight excluding hydrogens is 252 g/mol. The summed E-state index contributed by atoms with van der Waals surface area (Å²) in [5.74, 6) is 0.711. The smallest absolute Gasteiger partial charge is 0.0190 e. The Morgan fingerprint density at radius 3 is 2.48 bits per heavy atom.